The van der Waals surface area contributed by atoms with E-state index in [1.807, 2.05) is 11.4 Å². The number of carbonyl (C=O) groups is 2. The number of nitrogens with one attached hydrogen (secondary N) is 2. The topological polar surface area (TPSA) is 74.3 Å². The summed E-state index contributed by atoms with van der Waals surface area (Å²) in [6.07, 6.45) is 1.88. The molecule has 152 valence electrons. The molecule has 0 bridgehead atoms. The van der Waals surface area contributed by atoms with Crippen LogP contribution >= 0.6 is 11.3 Å². The Balaban J connectivity index is 1.37. The molecular formula is C23H22N4O2S. The molecule has 1 saturated heterocycles. The maximum atomic E-state index is 12.8. The van der Waals surface area contributed by atoms with Crippen molar-refractivity contribution < 1.29 is 9.59 Å². The second-order valence-electron chi connectivity index (χ2n) is 7.88. The molecule has 7 heteroatoms. The molecular weight excluding hydrogens is 396 g/mol. The van der Waals surface area contributed by atoms with Crippen LogP contribution < -0.4 is 15.5 Å². The number of aromatic nitrogens is 1. The Kier molecular flexibility index (Phi) is 4.55. The number of nitrogens with zero attached hydrogens (tertiary/aromatic N) is 2. The molecule has 0 aliphatic carbocycles. The lowest BCUT2D eigenvalue weighted by Crippen LogP contribution is -2.43. The maximum absolute atomic E-state index is 12.8. The van der Waals surface area contributed by atoms with Gasteiger partial charge in [-0.3, -0.25) is 14.9 Å². The number of hydrogen-bond donors (Lipinski definition) is 2. The first-order valence-corrected chi connectivity index (χ1v) is 10.9. The minimum atomic E-state index is -0.238. The molecule has 0 radical (unpaired) electrons. The van der Waals surface area contributed by atoms with Crippen LogP contribution in [0.15, 0.2) is 41.8 Å². The first-order valence-electron chi connectivity index (χ1n) is 10.1. The van der Waals surface area contributed by atoms with E-state index in [-0.39, 0.29) is 17.9 Å². The van der Waals surface area contributed by atoms with Crippen LogP contribution in [-0.4, -0.2) is 29.4 Å². The van der Waals surface area contributed by atoms with Crippen molar-refractivity contribution in [1.82, 2.24) is 4.98 Å². The molecule has 0 spiro atoms. The number of carbonyl (C=O) groups excluding carboxylic acids is 2. The SMILES string of the molecule is Cc1ccc(C)c(-c2csc(NC(=O)c3ccc4c(c3)NC(=O)[C@@H]3CCCN43)n2)c1. The Morgan fingerprint density at radius 3 is 2.97 bits per heavy atom. The molecule has 0 unspecified atom stereocenters. The fourth-order valence-electron chi connectivity index (χ4n) is 4.21. The summed E-state index contributed by atoms with van der Waals surface area (Å²) in [5.41, 5.74) is 6.42. The second kappa shape index (κ2) is 7.25. The van der Waals surface area contributed by atoms with Gasteiger partial charge in [-0.25, -0.2) is 4.98 Å². The third-order valence-electron chi connectivity index (χ3n) is 5.78. The number of fused-ring (bicyclic) bond motifs is 3. The number of rotatable bonds is 3. The molecule has 2 N–H and O–H groups in total. The zero-order valence-corrected chi connectivity index (χ0v) is 17.7. The number of thiazole rings is 1. The summed E-state index contributed by atoms with van der Waals surface area (Å²) in [7, 11) is 0. The molecule has 5 rings (SSSR count). The Morgan fingerprint density at radius 2 is 2.10 bits per heavy atom. The first kappa shape index (κ1) is 18.8. The second-order valence-corrected chi connectivity index (χ2v) is 8.74. The van der Waals surface area contributed by atoms with Crippen LogP contribution in [0.3, 0.4) is 0 Å². The summed E-state index contributed by atoms with van der Waals surface area (Å²) in [6.45, 7) is 4.98. The fraction of sp³-hybridized carbons (Fsp3) is 0.261. The summed E-state index contributed by atoms with van der Waals surface area (Å²) in [6, 6.07) is 11.6. The van der Waals surface area contributed by atoms with Gasteiger partial charge in [0.2, 0.25) is 5.91 Å². The number of amides is 2. The van der Waals surface area contributed by atoms with Crippen molar-refractivity contribution in [2.75, 3.05) is 22.1 Å². The van der Waals surface area contributed by atoms with Crippen LogP contribution in [0.4, 0.5) is 16.5 Å². The monoisotopic (exact) mass is 418 g/mol. The number of aryl methyl sites for hydroxylation is 2. The van der Waals surface area contributed by atoms with Crippen molar-refractivity contribution in [2.24, 2.45) is 0 Å². The van der Waals surface area contributed by atoms with Gasteiger partial charge in [-0.15, -0.1) is 11.3 Å². The average Bonchev–Trinajstić information content (AvgIpc) is 3.39. The molecule has 30 heavy (non-hydrogen) atoms. The molecule has 3 aromatic rings. The Morgan fingerprint density at radius 1 is 1.23 bits per heavy atom. The van der Waals surface area contributed by atoms with E-state index < -0.39 is 0 Å². The van der Waals surface area contributed by atoms with Crippen molar-refractivity contribution in [3.8, 4) is 11.3 Å². The molecule has 1 atom stereocenters. The molecule has 1 aromatic heterocycles. The lowest BCUT2D eigenvalue weighted by molar-refractivity contribution is -0.117. The maximum Gasteiger partial charge on any atom is 0.257 e. The number of benzene rings is 2. The van der Waals surface area contributed by atoms with Crippen molar-refractivity contribution in [1.29, 1.82) is 0 Å². The van der Waals surface area contributed by atoms with E-state index in [4.69, 9.17) is 0 Å². The van der Waals surface area contributed by atoms with E-state index in [0.717, 1.165) is 41.9 Å². The van der Waals surface area contributed by atoms with Crippen molar-refractivity contribution in [3.63, 3.8) is 0 Å². The zero-order chi connectivity index (χ0) is 20.8. The molecule has 1 fully saturated rings. The fourth-order valence-corrected chi connectivity index (χ4v) is 4.91. The van der Waals surface area contributed by atoms with Crippen molar-refractivity contribution >= 4 is 39.7 Å². The minimum absolute atomic E-state index is 0.00986. The lowest BCUT2D eigenvalue weighted by atomic mass is 10.0. The third-order valence-corrected chi connectivity index (χ3v) is 6.53. The van der Waals surface area contributed by atoms with Crippen LogP contribution in [0.5, 0.6) is 0 Å². The highest BCUT2D eigenvalue weighted by molar-refractivity contribution is 7.14. The van der Waals surface area contributed by atoms with Gasteiger partial charge in [-0.05, 0) is 56.5 Å². The van der Waals surface area contributed by atoms with E-state index in [2.05, 4.69) is 52.6 Å². The zero-order valence-electron chi connectivity index (χ0n) is 16.9. The van der Waals surface area contributed by atoms with E-state index in [1.165, 1.54) is 16.9 Å². The molecule has 2 amide bonds. The van der Waals surface area contributed by atoms with Crippen molar-refractivity contribution in [3.05, 3.63) is 58.5 Å². The molecule has 6 nitrogen and oxygen atoms in total. The normalized spacial score (nSPS) is 17.3. The first-order chi connectivity index (χ1) is 14.5. The predicted molar refractivity (Wildman–Crippen MR) is 120 cm³/mol. The third kappa shape index (κ3) is 3.25. The molecule has 2 aliphatic heterocycles. The van der Waals surface area contributed by atoms with Gasteiger partial charge >= 0.3 is 0 Å². The minimum Gasteiger partial charge on any atom is -0.358 e. The number of anilines is 3. The van der Waals surface area contributed by atoms with E-state index >= 15 is 0 Å². The van der Waals surface area contributed by atoms with Crippen LogP contribution in [0.1, 0.15) is 34.3 Å². The van der Waals surface area contributed by atoms with Gasteiger partial charge in [0.25, 0.3) is 5.91 Å². The van der Waals surface area contributed by atoms with Gasteiger partial charge in [0.15, 0.2) is 5.13 Å². The van der Waals surface area contributed by atoms with Crippen LogP contribution in [0.25, 0.3) is 11.3 Å². The lowest BCUT2D eigenvalue weighted by Gasteiger charge is -2.33. The summed E-state index contributed by atoms with van der Waals surface area (Å²) in [5, 5.41) is 8.35. The quantitative estimate of drug-likeness (QED) is 0.652. The molecule has 3 heterocycles. The van der Waals surface area contributed by atoms with Gasteiger partial charge in [0.1, 0.15) is 6.04 Å². The smallest absolute Gasteiger partial charge is 0.257 e. The highest BCUT2D eigenvalue weighted by Crippen LogP contribution is 2.37. The van der Waals surface area contributed by atoms with Gasteiger partial charge in [-0.1, -0.05) is 17.7 Å². The number of hydrogen-bond acceptors (Lipinski definition) is 5. The summed E-state index contributed by atoms with van der Waals surface area (Å²) < 4.78 is 0. The Labute approximate surface area is 178 Å². The summed E-state index contributed by atoms with van der Waals surface area (Å²) in [4.78, 5) is 31.9. The van der Waals surface area contributed by atoms with Gasteiger partial charge in [0, 0.05) is 23.1 Å². The largest absolute Gasteiger partial charge is 0.358 e. The average molecular weight is 419 g/mol. The van der Waals surface area contributed by atoms with Gasteiger partial charge in [-0.2, -0.15) is 0 Å². The van der Waals surface area contributed by atoms with E-state index in [1.54, 1.807) is 12.1 Å². The Bertz CT molecular complexity index is 1170. The molecule has 0 saturated carbocycles. The summed E-state index contributed by atoms with van der Waals surface area (Å²) >= 11 is 1.40. The highest BCUT2D eigenvalue weighted by Gasteiger charge is 2.36. The standard InChI is InChI=1S/C23H22N4O2S/c1-13-5-6-14(2)16(10-13)18-12-30-23(25-18)26-21(28)15-7-8-19-17(11-15)24-22(29)20-4-3-9-27(19)20/h5-8,10-12,20H,3-4,9H2,1-2H3,(H,24,29)(H,25,26,28)/t20-/m0/s1. The van der Waals surface area contributed by atoms with Gasteiger partial charge < -0.3 is 10.2 Å². The Hall–Kier alpha value is -3.19. The molecule has 2 aromatic carbocycles. The highest BCUT2D eigenvalue weighted by atomic mass is 32.1. The summed E-state index contributed by atoms with van der Waals surface area (Å²) in [5.74, 6) is -0.229. The van der Waals surface area contributed by atoms with Crippen LogP contribution in [-0.2, 0) is 4.79 Å². The van der Waals surface area contributed by atoms with E-state index in [0.29, 0.717) is 16.4 Å². The predicted octanol–water partition coefficient (Wildman–Crippen LogP) is 4.60. The molecule has 2 aliphatic rings. The van der Waals surface area contributed by atoms with Crippen molar-refractivity contribution in [2.45, 2.75) is 32.7 Å². The van der Waals surface area contributed by atoms with Crippen LogP contribution in [0.2, 0.25) is 0 Å². The van der Waals surface area contributed by atoms with Crippen LogP contribution in [0, 0.1) is 13.8 Å². The van der Waals surface area contributed by atoms with E-state index in [9.17, 15) is 9.59 Å². The van der Waals surface area contributed by atoms with Gasteiger partial charge in [0.05, 0.1) is 17.1 Å².